The van der Waals surface area contributed by atoms with E-state index in [2.05, 4.69) is 4.57 Å². The maximum Gasteiger partial charge on any atom is 0.335 e. The Morgan fingerprint density at radius 3 is 2.43 bits per heavy atom. The Kier molecular flexibility index (Phi) is 8.17. The van der Waals surface area contributed by atoms with Crippen LogP contribution in [0.25, 0.3) is 33.5 Å². The minimum Gasteiger partial charge on any atom is -0.487 e. The van der Waals surface area contributed by atoms with E-state index in [0.29, 0.717) is 52.2 Å². The molecule has 1 saturated carbocycles. The monoisotopic (exact) mass is 638 g/mol. The van der Waals surface area contributed by atoms with Gasteiger partial charge in [-0.2, -0.15) is 0 Å². The SMILES string of the molecule is O=C(O)c1ccc2c(c1)nc(-c1ccc(OCc3nc(N4CCCC4=O)ccc3-c3ccc(Cl)cc3)cc1F)n2C1CCCCC1. The van der Waals surface area contributed by atoms with Gasteiger partial charge < -0.3 is 14.4 Å². The zero-order valence-corrected chi connectivity index (χ0v) is 25.8. The summed E-state index contributed by atoms with van der Waals surface area (Å²) in [4.78, 5) is 35.3. The molecule has 234 valence electrons. The highest BCUT2D eigenvalue weighted by atomic mass is 35.5. The largest absolute Gasteiger partial charge is 0.487 e. The second kappa shape index (κ2) is 12.6. The molecule has 0 spiro atoms. The summed E-state index contributed by atoms with van der Waals surface area (Å²) in [5.74, 6) is -0.132. The van der Waals surface area contributed by atoms with Crippen molar-refractivity contribution in [3.63, 3.8) is 0 Å². The number of rotatable bonds is 8. The molecule has 1 saturated heterocycles. The number of aromatic nitrogens is 3. The van der Waals surface area contributed by atoms with Crippen molar-refractivity contribution in [2.45, 2.75) is 57.6 Å². The molecule has 2 aromatic heterocycles. The Morgan fingerprint density at radius 2 is 1.72 bits per heavy atom. The molecule has 1 N–H and O–H groups in total. The maximum atomic E-state index is 15.9. The molecule has 2 fully saturated rings. The summed E-state index contributed by atoms with van der Waals surface area (Å²) in [5, 5.41) is 10.1. The Labute approximate surface area is 270 Å². The quantitative estimate of drug-likeness (QED) is 0.183. The fourth-order valence-electron chi connectivity index (χ4n) is 6.58. The van der Waals surface area contributed by atoms with Crippen LogP contribution in [0.3, 0.4) is 0 Å². The topological polar surface area (TPSA) is 97.6 Å². The number of amides is 1. The number of halogens is 2. The highest BCUT2D eigenvalue weighted by molar-refractivity contribution is 6.30. The fraction of sp³-hybridized carbons (Fsp3) is 0.278. The molecule has 0 unspecified atom stereocenters. The van der Waals surface area contributed by atoms with Gasteiger partial charge in [0.25, 0.3) is 0 Å². The first kappa shape index (κ1) is 29.9. The summed E-state index contributed by atoms with van der Waals surface area (Å²) in [7, 11) is 0. The maximum absolute atomic E-state index is 15.9. The molecule has 0 atom stereocenters. The van der Waals surface area contributed by atoms with Crippen molar-refractivity contribution in [2.75, 3.05) is 11.4 Å². The third kappa shape index (κ3) is 5.83. The number of nitrogens with zero attached hydrogens (tertiary/aromatic N) is 4. The second-order valence-electron chi connectivity index (χ2n) is 11.9. The van der Waals surface area contributed by atoms with Gasteiger partial charge in [0.1, 0.15) is 29.8 Å². The number of carboxylic acids is 1. The summed E-state index contributed by atoms with van der Waals surface area (Å²) in [6.07, 6.45) is 6.49. The molecule has 3 heterocycles. The lowest BCUT2D eigenvalue weighted by molar-refractivity contribution is -0.117. The molecule has 1 aliphatic heterocycles. The van der Waals surface area contributed by atoms with Gasteiger partial charge >= 0.3 is 5.97 Å². The Bertz CT molecular complexity index is 1950. The lowest BCUT2D eigenvalue weighted by Crippen LogP contribution is -2.25. The van der Waals surface area contributed by atoms with Gasteiger partial charge in [-0.3, -0.25) is 9.69 Å². The summed E-state index contributed by atoms with van der Waals surface area (Å²) >= 11 is 6.13. The summed E-state index contributed by atoms with van der Waals surface area (Å²) in [6.45, 7) is 0.660. The number of fused-ring (bicyclic) bond motifs is 1. The van der Waals surface area contributed by atoms with Crippen LogP contribution < -0.4 is 9.64 Å². The van der Waals surface area contributed by atoms with E-state index >= 15 is 4.39 Å². The third-order valence-electron chi connectivity index (χ3n) is 8.90. The molecule has 46 heavy (non-hydrogen) atoms. The molecule has 5 aromatic rings. The smallest absolute Gasteiger partial charge is 0.335 e. The van der Waals surface area contributed by atoms with E-state index in [4.69, 9.17) is 26.3 Å². The zero-order valence-electron chi connectivity index (χ0n) is 25.1. The molecular formula is C36H32ClFN4O4. The van der Waals surface area contributed by atoms with Crippen LogP contribution in [-0.2, 0) is 11.4 Å². The highest BCUT2D eigenvalue weighted by Gasteiger charge is 2.26. The first-order valence-electron chi connectivity index (χ1n) is 15.6. The molecular weight excluding hydrogens is 607 g/mol. The number of hydrogen-bond donors (Lipinski definition) is 1. The molecule has 1 amide bonds. The molecule has 3 aromatic carbocycles. The van der Waals surface area contributed by atoms with Crippen LogP contribution in [0.1, 0.15) is 67.0 Å². The van der Waals surface area contributed by atoms with E-state index < -0.39 is 11.8 Å². The van der Waals surface area contributed by atoms with Crippen molar-refractivity contribution in [3.8, 4) is 28.3 Å². The van der Waals surface area contributed by atoms with Crippen LogP contribution in [0.5, 0.6) is 5.75 Å². The number of carboxylic acid groups (broad SMARTS) is 1. The van der Waals surface area contributed by atoms with E-state index in [1.54, 1.807) is 47.4 Å². The number of carbonyl (C=O) groups excluding carboxylic acids is 1. The molecule has 1 aliphatic carbocycles. The van der Waals surface area contributed by atoms with E-state index in [1.807, 2.05) is 24.3 Å². The van der Waals surface area contributed by atoms with Crippen molar-refractivity contribution < 1.29 is 23.8 Å². The number of aromatic carboxylic acids is 1. The molecule has 0 bridgehead atoms. The lowest BCUT2D eigenvalue weighted by atomic mass is 9.94. The molecule has 10 heteroatoms. The predicted molar refractivity (Wildman–Crippen MR) is 175 cm³/mol. The van der Waals surface area contributed by atoms with Crippen LogP contribution in [0.4, 0.5) is 10.2 Å². The number of hydrogen-bond acceptors (Lipinski definition) is 5. The van der Waals surface area contributed by atoms with E-state index in [0.717, 1.165) is 55.2 Å². The molecule has 2 aliphatic rings. The van der Waals surface area contributed by atoms with Crippen molar-refractivity contribution in [1.82, 2.24) is 14.5 Å². The van der Waals surface area contributed by atoms with E-state index in [1.165, 1.54) is 6.07 Å². The average Bonchev–Trinajstić information content (AvgIpc) is 3.67. The summed E-state index contributed by atoms with van der Waals surface area (Å²) in [6, 6.07) is 20.9. The van der Waals surface area contributed by atoms with Crippen molar-refractivity contribution in [3.05, 3.63) is 94.9 Å². The average molecular weight is 639 g/mol. The van der Waals surface area contributed by atoms with Gasteiger partial charge in [-0.1, -0.05) is 43.0 Å². The van der Waals surface area contributed by atoms with Gasteiger partial charge in [0, 0.05) is 35.7 Å². The van der Waals surface area contributed by atoms with Crippen LogP contribution in [0.15, 0.2) is 72.8 Å². The number of anilines is 1. The number of imidazole rings is 1. The van der Waals surface area contributed by atoms with Gasteiger partial charge in [0.15, 0.2) is 0 Å². The van der Waals surface area contributed by atoms with Crippen LogP contribution >= 0.6 is 11.6 Å². The first-order valence-corrected chi connectivity index (χ1v) is 16.0. The van der Waals surface area contributed by atoms with Crippen LogP contribution in [0.2, 0.25) is 5.02 Å². The lowest BCUT2D eigenvalue weighted by Gasteiger charge is -2.25. The fourth-order valence-corrected chi connectivity index (χ4v) is 6.71. The number of carbonyl (C=O) groups is 2. The predicted octanol–water partition coefficient (Wildman–Crippen LogP) is 8.47. The number of pyridine rings is 1. The number of ether oxygens (including phenoxy) is 1. The van der Waals surface area contributed by atoms with Crippen molar-refractivity contribution in [1.29, 1.82) is 0 Å². The van der Waals surface area contributed by atoms with E-state index in [-0.39, 0.29) is 24.1 Å². The minimum atomic E-state index is -1.03. The Morgan fingerprint density at radius 1 is 0.935 bits per heavy atom. The second-order valence-corrected chi connectivity index (χ2v) is 12.3. The minimum absolute atomic E-state index is 0.0368. The van der Waals surface area contributed by atoms with Gasteiger partial charge in [0.05, 0.1) is 27.9 Å². The van der Waals surface area contributed by atoms with Crippen LogP contribution in [-0.4, -0.2) is 38.1 Å². The summed E-state index contributed by atoms with van der Waals surface area (Å²) in [5.41, 5.74) is 4.11. The Balaban J connectivity index is 1.21. The van der Waals surface area contributed by atoms with Gasteiger partial charge in [-0.05, 0) is 79.4 Å². The van der Waals surface area contributed by atoms with Crippen molar-refractivity contribution in [2.24, 2.45) is 0 Å². The molecule has 7 rings (SSSR count). The highest BCUT2D eigenvalue weighted by Crippen LogP contribution is 2.38. The standard InChI is InChI=1S/C36H32ClFN4O4/c37-24-11-8-22(9-12-24)27-15-17-33(41-18-4-7-34(41)43)39-31(27)21-46-26-13-14-28(29(38)20-26)35-40-30-19-23(36(44)45)10-16-32(30)42(35)25-5-2-1-3-6-25/h8-17,19-20,25H,1-7,18,21H2,(H,44,45). The third-order valence-corrected chi connectivity index (χ3v) is 9.15. The van der Waals surface area contributed by atoms with E-state index in [9.17, 15) is 14.7 Å². The van der Waals surface area contributed by atoms with Gasteiger partial charge in [0.2, 0.25) is 5.91 Å². The zero-order chi connectivity index (χ0) is 31.8. The first-order chi connectivity index (χ1) is 22.4. The van der Waals surface area contributed by atoms with Crippen LogP contribution in [0, 0.1) is 5.82 Å². The van der Waals surface area contributed by atoms with Gasteiger partial charge in [-0.15, -0.1) is 0 Å². The molecule has 8 nitrogen and oxygen atoms in total. The normalized spacial score (nSPS) is 15.5. The van der Waals surface area contributed by atoms with Crippen molar-refractivity contribution >= 4 is 40.3 Å². The number of benzene rings is 3. The van der Waals surface area contributed by atoms with Gasteiger partial charge in [-0.25, -0.2) is 19.2 Å². The molecule has 0 radical (unpaired) electrons. The summed E-state index contributed by atoms with van der Waals surface area (Å²) < 4.78 is 24.1. The Hall–Kier alpha value is -4.76.